The summed E-state index contributed by atoms with van der Waals surface area (Å²) in [6.07, 6.45) is 8.26. The molecule has 110 valence electrons. The predicted molar refractivity (Wildman–Crippen MR) is 77.3 cm³/mol. The number of hydrogen-bond acceptors (Lipinski definition) is 3. The molecule has 2 atom stereocenters. The second kappa shape index (κ2) is 5.20. The van der Waals surface area contributed by atoms with Crippen LogP contribution in [-0.4, -0.2) is 45.3 Å². The molecule has 1 amide bonds. The van der Waals surface area contributed by atoms with Crippen molar-refractivity contribution < 1.29 is 4.79 Å². The zero-order chi connectivity index (χ0) is 14.2. The van der Waals surface area contributed by atoms with Gasteiger partial charge in [-0.3, -0.25) is 9.48 Å². The zero-order valence-electron chi connectivity index (χ0n) is 12.4. The Hall–Kier alpha value is -1.36. The van der Waals surface area contributed by atoms with E-state index in [1.165, 1.54) is 6.42 Å². The molecule has 2 saturated heterocycles. The number of nitrogens with one attached hydrogen (secondary N) is 1. The van der Waals surface area contributed by atoms with Crippen molar-refractivity contribution in [2.24, 2.45) is 0 Å². The molecule has 0 aliphatic carbocycles. The molecule has 0 radical (unpaired) electrons. The number of fused-ring (bicyclic) bond motifs is 1. The first-order valence-electron chi connectivity index (χ1n) is 7.62. The van der Waals surface area contributed by atoms with Gasteiger partial charge in [0, 0.05) is 24.3 Å². The van der Waals surface area contributed by atoms with Crippen LogP contribution in [0.3, 0.4) is 0 Å². The van der Waals surface area contributed by atoms with Gasteiger partial charge < -0.3 is 10.2 Å². The third-order valence-electron chi connectivity index (χ3n) is 4.77. The van der Waals surface area contributed by atoms with Crippen molar-refractivity contribution >= 4 is 5.91 Å². The molecule has 2 fully saturated rings. The number of aromatic nitrogens is 2. The van der Waals surface area contributed by atoms with E-state index in [0.717, 1.165) is 37.9 Å². The molecule has 0 spiro atoms. The number of carbonyl (C=O) groups excluding carboxylic acids is 1. The van der Waals surface area contributed by atoms with Crippen LogP contribution >= 0.6 is 0 Å². The molecule has 1 N–H and O–H groups in total. The summed E-state index contributed by atoms with van der Waals surface area (Å²) in [6.45, 7) is 6.60. The molecule has 2 aliphatic heterocycles. The fourth-order valence-electron chi connectivity index (χ4n) is 3.71. The first kappa shape index (κ1) is 13.6. The second-order valence-corrected chi connectivity index (χ2v) is 6.41. The average molecular weight is 276 g/mol. The maximum atomic E-state index is 12.6. The van der Waals surface area contributed by atoms with Gasteiger partial charge in [0.2, 0.25) is 5.91 Å². The summed E-state index contributed by atoms with van der Waals surface area (Å²) in [6, 6.07) is 0.342. The molecule has 0 bridgehead atoms. The normalized spacial score (nSPS) is 30.1. The van der Waals surface area contributed by atoms with E-state index >= 15 is 0 Å². The molecule has 0 saturated carbocycles. The number of aryl methyl sites for hydroxylation is 1. The van der Waals surface area contributed by atoms with Crippen molar-refractivity contribution in [2.75, 3.05) is 13.1 Å². The van der Waals surface area contributed by atoms with Gasteiger partial charge in [-0.15, -0.1) is 0 Å². The zero-order valence-corrected chi connectivity index (χ0v) is 12.4. The molecule has 5 nitrogen and oxygen atoms in total. The Balaban J connectivity index is 1.73. The molecule has 3 rings (SSSR count). The predicted octanol–water partition coefficient (Wildman–Crippen LogP) is 1.32. The number of carbonyl (C=O) groups is 1. The van der Waals surface area contributed by atoms with Gasteiger partial charge in [0.1, 0.15) is 6.54 Å². The Bertz CT molecular complexity index is 494. The number of likely N-dealkylation sites (tertiary alicyclic amines) is 1. The summed E-state index contributed by atoms with van der Waals surface area (Å²) >= 11 is 0. The van der Waals surface area contributed by atoms with Gasteiger partial charge in [0.05, 0.1) is 6.20 Å². The van der Waals surface area contributed by atoms with Crippen molar-refractivity contribution in [1.29, 1.82) is 0 Å². The molecule has 3 heterocycles. The largest absolute Gasteiger partial charge is 0.336 e. The lowest BCUT2D eigenvalue weighted by molar-refractivity contribution is -0.139. The number of nitrogens with zero attached hydrogens (tertiary/aromatic N) is 3. The highest BCUT2D eigenvalue weighted by Gasteiger charge is 2.43. The Morgan fingerprint density at radius 2 is 2.40 bits per heavy atom. The van der Waals surface area contributed by atoms with Gasteiger partial charge in [-0.1, -0.05) is 0 Å². The maximum Gasteiger partial charge on any atom is 0.244 e. The summed E-state index contributed by atoms with van der Waals surface area (Å²) in [5, 5.41) is 7.86. The van der Waals surface area contributed by atoms with Crippen LogP contribution in [0, 0.1) is 6.92 Å². The molecule has 1 aromatic heterocycles. The molecular weight excluding hydrogens is 252 g/mol. The topological polar surface area (TPSA) is 50.2 Å². The Labute approximate surface area is 120 Å². The number of piperidine rings is 2. The van der Waals surface area contributed by atoms with Crippen molar-refractivity contribution in [2.45, 2.75) is 57.7 Å². The van der Waals surface area contributed by atoms with Crippen LogP contribution in [-0.2, 0) is 11.3 Å². The third-order valence-corrected chi connectivity index (χ3v) is 4.77. The molecule has 1 aromatic rings. The van der Waals surface area contributed by atoms with Gasteiger partial charge in [0.25, 0.3) is 0 Å². The van der Waals surface area contributed by atoms with Gasteiger partial charge in [-0.2, -0.15) is 5.10 Å². The van der Waals surface area contributed by atoms with Crippen LogP contribution in [0.5, 0.6) is 0 Å². The Morgan fingerprint density at radius 1 is 1.55 bits per heavy atom. The molecule has 5 heteroatoms. The standard InChI is InChI=1S/C15H24N4O/c1-12-9-17-18(10-12)11-14(20)19-8-4-6-15(2)13(19)5-3-7-16-15/h9-10,13,16H,3-8,11H2,1-2H3/t13-,15+/m1/s1. The van der Waals surface area contributed by atoms with E-state index in [0.29, 0.717) is 12.6 Å². The summed E-state index contributed by atoms with van der Waals surface area (Å²) in [4.78, 5) is 14.7. The lowest BCUT2D eigenvalue weighted by Crippen LogP contribution is -2.66. The molecule has 0 unspecified atom stereocenters. The van der Waals surface area contributed by atoms with E-state index in [-0.39, 0.29) is 11.4 Å². The Morgan fingerprint density at radius 3 is 3.15 bits per heavy atom. The van der Waals surface area contributed by atoms with E-state index in [2.05, 4.69) is 22.2 Å². The van der Waals surface area contributed by atoms with Gasteiger partial charge in [-0.05, 0) is 51.6 Å². The average Bonchev–Trinajstić information content (AvgIpc) is 2.82. The number of hydrogen-bond donors (Lipinski definition) is 1. The molecule has 2 aliphatic rings. The SMILES string of the molecule is Cc1cnn(CC(=O)N2CCC[C@]3(C)NCCC[C@@H]23)c1. The number of rotatable bonds is 2. The second-order valence-electron chi connectivity index (χ2n) is 6.41. The van der Waals surface area contributed by atoms with E-state index in [4.69, 9.17) is 0 Å². The van der Waals surface area contributed by atoms with E-state index in [1.54, 1.807) is 10.9 Å². The summed E-state index contributed by atoms with van der Waals surface area (Å²) in [5.41, 5.74) is 1.20. The highest BCUT2D eigenvalue weighted by molar-refractivity contribution is 5.76. The molecule has 0 aromatic carbocycles. The lowest BCUT2D eigenvalue weighted by Gasteiger charge is -2.51. The monoisotopic (exact) mass is 276 g/mol. The van der Waals surface area contributed by atoms with Crippen LogP contribution in [0.15, 0.2) is 12.4 Å². The van der Waals surface area contributed by atoms with Crippen LogP contribution in [0.4, 0.5) is 0 Å². The fourth-order valence-corrected chi connectivity index (χ4v) is 3.71. The first-order chi connectivity index (χ1) is 9.58. The van der Waals surface area contributed by atoms with E-state index < -0.39 is 0 Å². The van der Waals surface area contributed by atoms with Gasteiger partial charge in [0.15, 0.2) is 0 Å². The highest BCUT2D eigenvalue weighted by Crippen LogP contribution is 2.33. The summed E-state index contributed by atoms with van der Waals surface area (Å²) in [5.74, 6) is 0.202. The van der Waals surface area contributed by atoms with Crippen LogP contribution < -0.4 is 5.32 Å². The first-order valence-corrected chi connectivity index (χ1v) is 7.62. The van der Waals surface area contributed by atoms with Crippen LogP contribution in [0.1, 0.15) is 38.2 Å². The minimum atomic E-state index is 0.103. The van der Waals surface area contributed by atoms with Gasteiger partial charge >= 0.3 is 0 Å². The number of amides is 1. The Kier molecular flexibility index (Phi) is 3.54. The van der Waals surface area contributed by atoms with Crippen molar-refractivity contribution in [3.05, 3.63) is 18.0 Å². The maximum absolute atomic E-state index is 12.6. The summed E-state index contributed by atoms with van der Waals surface area (Å²) in [7, 11) is 0. The fraction of sp³-hybridized carbons (Fsp3) is 0.733. The smallest absolute Gasteiger partial charge is 0.244 e. The lowest BCUT2D eigenvalue weighted by atomic mass is 9.78. The molecular formula is C15H24N4O. The van der Waals surface area contributed by atoms with E-state index in [9.17, 15) is 4.79 Å². The minimum Gasteiger partial charge on any atom is -0.336 e. The van der Waals surface area contributed by atoms with Crippen molar-refractivity contribution in [3.63, 3.8) is 0 Å². The van der Waals surface area contributed by atoms with Crippen LogP contribution in [0.25, 0.3) is 0 Å². The van der Waals surface area contributed by atoms with Crippen LogP contribution in [0.2, 0.25) is 0 Å². The third kappa shape index (κ3) is 2.46. The summed E-state index contributed by atoms with van der Waals surface area (Å²) < 4.78 is 1.75. The molecule has 20 heavy (non-hydrogen) atoms. The van der Waals surface area contributed by atoms with Crippen molar-refractivity contribution in [3.8, 4) is 0 Å². The quantitative estimate of drug-likeness (QED) is 0.886. The van der Waals surface area contributed by atoms with E-state index in [1.807, 2.05) is 13.1 Å². The highest BCUT2D eigenvalue weighted by atomic mass is 16.2. The van der Waals surface area contributed by atoms with Crippen molar-refractivity contribution in [1.82, 2.24) is 20.0 Å². The minimum absolute atomic E-state index is 0.103. The van der Waals surface area contributed by atoms with Gasteiger partial charge in [-0.25, -0.2) is 0 Å².